The van der Waals surface area contributed by atoms with Crippen LogP contribution in [0.2, 0.25) is 0 Å². The van der Waals surface area contributed by atoms with Crippen LogP contribution in [0.4, 0.5) is 5.69 Å². The lowest BCUT2D eigenvalue weighted by Crippen LogP contribution is -2.13. The highest BCUT2D eigenvalue weighted by molar-refractivity contribution is 6.05. The lowest BCUT2D eigenvalue weighted by atomic mass is 10.1. The molecule has 0 saturated heterocycles. The van der Waals surface area contributed by atoms with Crippen LogP contribution in [0.5, 0.6) is 11.5 Å². The molecule has 0 radical (unpaired) electrons. The van der Waals surface area contributed by atoms with Gasteiger partial charge in [0.1, 0.15) is 11.5 Å². The van der Waals surface area contributed by atoms with Gasteiger partial charge >= 0.3 is 0 Å². The van der Waals surface area contributed by atoms with Crippen molar-refractivity contribution < 1.29 is 14.3 Å². The summed E-state index contributed by atoms with van der Waals surface area (Å²) in [7, 11) is 1.58. The maximum absolute atomic E-state index is 12.5. The van der Waals surface area contributed by atoms with Gasteiger partial charge in [0.25, 0.3) is 5.91 Å². The molecule has 0 fully saturated rings. The fourth-order valence-corrected chi connectivity index (χ4v) is 2.10. The van der Waals surface area contributed by atoms with Gasteiger partial charge in [-0.05, 0) is 48.7 Å². The predicted octanol–water partition coefficient (Wildman–Crippen LogP) is 4.29. The van der Waals surface area contributed by atoms with E-state index in [0.29, 0.717) is 35.3 Å². The van der Waals surface area contributed by atoms with Crippen molar-refractivity contribution in [3.63, 3.8) is 0 Å². The van der Waals surface area contributed by atoms with Crippen LogP contribution in [0.1, 0.15) is 29.8 Å². The number of amides is 1. The Labute approximate surface area is 137 Å². The van der Waals surface area contributed by atoms with Gasteiger partial charge in [-0.2, -0.15) is 0 Å². The first-order valence-corrected chi connectivity index (χ1v) is 7.68. The summed E-state index contributed by atoms with van der Waals surface area (Å²) < 4.78 is 11.0. The van der Waals surface area contributed by atoms with Crippen molar-refractivity contribution in [2.24, 2.45) is 5.92 Å². The highest BCUT2D eigenvalue weighted by atomic mass is 16.5. The minimum atomic E-state index is -0.191. The molecule has 0 bridgehead atoms. The van der Waals surface area contributed by atoms with E-state index in [0.717, 1.165) is 5.56 Å². The zero-order chi connectivity index (χ0) is 16.8. The number of carbonyl (C=O) groups is 1. The zero-order valence-corrected chi connectivity index (χ0v) is 14.1. The molecule has 1 N–H and O–H groups in total. The highest BCUT2D eigenvalue weighted by Gasteiger charge is 2.11. The molecule has 122 valence electrons. The van der Waals surface area contributed by atoms with Crippen molar-refractivity contribution in [2.75, 3.05) is 19.0 Å². The average Bonchev–Trinajstić information content (AvgIpc) is 2.53. The number of benzene rings is 2. The topological polar surface area (TPSA) is 47.6 Å². The molecule has 23 heavy (non-hydrogen) atoms. The van der Waals surface area contributed by atoms with Crippen molar-refractivity contribution in [3.8, 4) is 11.5 Å². The molecule has 1 amide bonds. The van der Waals surface area contributed by atoms with Gasteiger partial charge in [-0.25, -0.2) is 0 Å². The smallest absolute Gasteiger partial charge is 0.255 e. The maximum Gasteiger partial charge on any atom is 0.255 e. The number of aryl methyl sites for hydroxylation is 1. The number of rotatable bonds is 6. The Morgan fingerprint density at radius 2 is 1.96 bits per heavy atom. The quantitative estimate of drug-likeness (QED) is 0.865. The minimum Gasteiger partial charge on any atom is -0.495 e. The van der Waals surface area contributed by atoms with Crippen LogP contribution in [0.15, 0.2) is 42.5 Å². The summed E-state index contributed by atoms with van der Waals surface area (Å²) in [4.78, 5) is 12.5. The van der Waals surface area contributed by atoms with Crippen LogP contribution in [0, 0.1) is 12.8 Å². The third-order valence-corrected chi connectivity index (χ3v) is 3.28. The van der Waals surface area contributed by atoms with E-state index in [1.54, 1.807) is 19.2 Å². The van der Waals surface area contributed by atoms with E-state index >= 15 is 0 Å². The molecule has 4 heteroatoms. The van der Waals surface area contributed by atoms with Crippen LogP contribution in [-0.4, -0.2) is 19.6 Å². The molecule has 0 unspecified atom stereocenters. The molecule has 0 spiro atoms. The molecule has 4 nitrogen and oxygen atoms in total. The fourth-order valence-electron chi connectivity index (χ4n) is 2.10. The van der Waals surface area contributed by atoms with Crippen LogP contribution in [0.25, 0.3) is 0 Å². The van der Waals surface area contributed by atoms with Crippen LogP contribution >= 0.6 is 0 Å². The molecule has 2 rings (SSSR count). The number of nitrogens with one attached hydrogen (secondary N) is 1. The Kier molecular flexibility index (Phi) is 5.63. The summed E-state index contributed by atoms with van der Waals surface area (Å²) in [5.41, 5.74) is 2.26. The predicted molar refractivity (Wildman–Crippen MR) is 92.5 cm³/mol. The third-order valence-electron chi connectivity index (χ3n) is 3.28. The van der Waals surface area contributed by atoms with Crippen molar-refractivity contribution in [3.05, 3.63) is 53.6 Å². The fraction of sp³-hybridized carbons (Fsp3) is 0.316. The number of methoxy groups -OCH3 is 1. The van der Waals surface area contributed by atoms with Gasteiger partial charge in [-0.3, -0.25) is 4.79 Å². The van der Waals surface area contributed by atoms with Crippen molar-refractivity contribution in [2.45, 2.75) is 20.8 Å². The first kappa shape index (κ1) is 16.9. The molecule has 2 aromatic rings. The number of hydrogen-bond acceptors (Lipinski definition) is 3. The number of hydrogen-bond donors (Lipinski definition) is 1. The van der Waals surface area contributed by atoms with Gasteiger partial charge < -0.3 is 14.8 Å². The SMILES string of the molecule is COc1ccc(C)cc1NC(=O)c1cccc(OCC(C)C)c1. The van der Waals surface area contributed by atoms with E-state index in [-0.39, 0.29) is 5.91 Å². The molecule has 0 aliphatic carbocycles. The molecular weight excluding hydrogens is 290 g/mol. The Balaban J connectivity index is 2.15. The van der Waals surface area contributed by atoms with Crippen LogP contribution < -0.4 is 14.8 Å². The second-order valence-electron chi connectivity index (χ2n) is 5.89. The summed E-state index contributed by atoms with van der Waals surface area (Å²) in [6.07, 6.45) is 0. The van der Waals surface area contributed by atoms with E-state index in [9.17, 15) is 4.79 Å². The molecule has 2 aromatic carbocycles. The van der Waals surface area contributed by atoms with Crippen molar-refractivity contribution >= 4 is 11.6 Å². The monoisotopic (exact) mass is 313 g/mol. The van der Waals surface area contributed by atoms with Crippen molar-refractivity contribution in [1.82, 2.24) is 0 Å². The standard InChI is InChI=1S/C19H23NO3/c1-13(2)12-23-16-7-5-6-15(11-16)19(21)20-17-10-14(3)8-9-18(17)22-4/h5-11,13H,12H2,1-4H3,(H,20,21). The summed E-state index contributed by atoms with van der Waals surface area (Å²) >= 11 is 0. The Bertz CT molecular complexity index is 680. The Morgan fingerprint density at radius 1 is 1.17 bits per heavy atom. The van der Waals surface area contributed by atoms with Crippen LogP contribution in [0.3, 0.4) is 0 Å². The van der Waals surface area contributed by atoms with Gasteiger partial charge in [0.05, 0.1) is 19.4 Å². The highest BCUT2D eigenvalue weighted by Crippen LogP contribution is 2.26. The number of anilines is 1. The normalized spacial score (nSPS) is 10.5. The van der Waals surface area contributed by atoms with Gasteiger partial charge in [-0.15, -0.1) is 0 Å². The first-order valence-electron chi connectivity index (χ1n) is 7.68. The second kappa shape index (κ2) is 7.68. The molecule has 0 atom stereocenters. The molecule has 0 aliphatic heterocycles. The van der Waals surface area contributed by atoms with E-state index in [2.05, 4.69) is 19.2 Å². The minimum absolute atomic E-state index is 0.191. The van der Waals surface area contributed by atoms with Crippen molar-refractivity contribution in [1.29, 1.82) is 0 Å². The first-order chi connectivity index (χ1) is 11.0. The maximum atomic E-state index is 12.5. The summed E-state index contributed by atoms with van der Waals surface area (Å²) in [6.45, 7) is 6.76. The Morgan fingerprint density at radius 3 is 2.65 bits per heavy atom. The average molecular weight is 313 g/mol. The lowest BCUT2D eigenvalue weighted by molar-refractivity contribution is 0.102. The van der Waals surface area contributed by atoms with Gasteiger partial charge in [0.15, 0.2) is 0 Å². The molecule has 0 aliphatic rings. The lowest BCUT2D eigenvalue weighted by Gasteiger charge is -2.12. The van der Waals surface area contributed by atoms with Gasteiger partial charge in [0, 0.05) is 5.56 Å². The largest absolute Gasteiger partial charge is 0.495 e. The zero-order valence-electron chi connectivity index (χ0n) is 14.1. The molecular formula is C19H23NO3. The van der Waals surface area contributed by atoms with Gasteiger partial charge in [-0.1, -0.05) is 26.0 Å². The molecule has 0 saturated carbocycles. The molecule has 0 heterocycles. The summed E-state index contributed by atoms with van der Waals surface area (Å²) in [5, 5.41) is 2.89. The Hall–Kier alpha value is -2.49. The third kappa shape index (κ3) is 4.74. The number of carbonyl (C=O) groups excluding carboxylic acids is 1. The van der Waals surface area contributed by atoms with Crippen LogP contribution in [-0.2, 0) is 0 Å². The van der Waals surface area contributed by atoms with Gasteiger partial charge in [0.2, 0.25) is 0 Å². The number of ether oxygens (including phenoxy) is 2. The summed E-state index contributed by atoms with van der Waals surface area (Å²) in [5.74, 6) is 1.58. The second-order valence-corrected chi connectivity index (χ2v) is 5.89. The summed E-state index contributed by atoms with van der Waals surface area (Å²) in [6, 6.07) is 12.8. The molecule has 0 aromatic heterocycles. The van der Waals surface area contributed by atoms with E-state index in [1.165, 1.54) is 0 Å². The van der Waals surface area contributed by atoms with E-state index < -0.39 is 0 Å². The van der Waals surface area contributed by atoms with E-state index in [4.69, 9.17) is 9.47 Å². The van der Waals surface area contributed by atoms with E-state index in [1.807, 2.05) is 37.3 Å².